The number of ketones is 2. The summed E-state index contributed by atoms with van der Waals surface area (Å²) in [5, 5.41) is 8.66. The highest BCUT2D eigenvalue weighted by Gasteiger charge is 2.27. The molecule has 0 spiro atoms. The Bertz CT molecular complexity index is 468. The molecule has 1 aliphatic carbocycles. The summed E-state index contributed by atoms with van der Waals surface area (Å²) in [4.78, 5) is 22.8. The van der Waals surface area contributed by atoms with Crippen LogP contribution in [0.5, 0.6) is 0 Å². The van der Waals surface area contributed by atoms with E-state index in [1.807, 2.05) is 6.07 Å². The predicted molar refractivity (Wildman–Crippen MR) is 57.8 cm³/mol. The first-order chi connectivity index (χ1) is 7.70. The summed E-state index contributed by atoms with van der Waals surface area (Å²) in [5.74, 6) is -0.124. The van der Waals surface area contributed by atoms with E-state index in [1.165, 1.54) is 0 Å². The Morgan fingerprint density at radius 2 is 1.88 bits per heavy atom. The molecule has 3 nitrogen and oxygen atoms in total. The van der Waals surface area contributed by atoms with Crippen LogP contribution >= 0.6 is 0 Å². The smallest absolute Gasteiger partial charge is 0.147 e. The van der Waals surface area contributed by atoms with Crippen molar-refractivity contribution >= 4 is 11.6 Å². The molecule has 0 radical (unpaired) electrons. The highest BCUT2D eigenvalue weighted by molar-refractivity contribution is 6.04. The predicted octanol–water partition coefficient (Wildman–Crippen LogP) is 1.96. The molecule has 0 aliphatic heterocycles. The van der Waals surface area contributed by atoms with Crippen molar-refractivity contribution in [2.75, 3.05) is 0 Å². The molecule has 0 heterocycles. The largest absolute Gasteiger partial charge is 0.299 e. The van der Waals surface area contributed by atoms with E-state index in [4.69, 9.17) is 5.26 Å². The van der Waals surface area contributed by atoms with E-state index in [0.717, 1.165) is 5.56 Å². The zero-order valence-corrected chi connectivity index (χ0v) is 8.77. The van der Waals surface area contributed by atoms with Crippen LogP contribution in [-0.2, 0) is 9.59 Å². The molecule has 0 N–H and O–H groups in total. The lowest BCUT2D eigenvalue weighted by Crippen LogP contribution is -2.23. The molecule has 2 rings (SSSR count). The van der Waals surface area contributed by atoms with E-state index in [1.54, 1.807) is 24.3 Å². The van der Waals surface area contributed by atoms with Gasteiger partial charge in [-0.1, -0.05) is 12.1 Å². The summed E-state index contributed by atoms with van der Waals surface area (Å²) in [5.41, 5.74) is 1.50. The number of benzene rings is 1. The Labute approximate surface area is 93.7 Å². The third-order valence-electron chi connectivity index (χ3n) is 2.91. The van der Waals surface area contributed by atoms with Crippen LogP contribution in [0.1, 0.15) is 36.3 Å². The summed E-state index contributed by atoms with van der Waals surface area (Å²) in [6.07, 6.45) is 1.14. The van der Waals surface area contributed by atoms with Crippen LogP contribution in [-0.4, -0.2) is 11.6 Å². The molecule has 80 valence electrons. The van der Waals surface area contributed by atoms with E-state index in [0.29, 0.717) is 18.4 Å². The summed E-state index contributed by atoms with van der Waals surface area (Å²) in [7, 11) is 0. The van der Waals surface area contributed by atoms with Gasteiger partial charge in [0.25, 0.3) is 0 Å². The fourth-order valence-electron chi connectivity index (χ4n) is 2.01. The molecule has 0 saturated heterocycles. The Kier molecular flexibility index (Phi) is 2.82. The van der Waals surface area contributed by atoms with Gasteiger partial charge in [0.05, 0.1) is 18.1 Å². The van der Waals surface area contributed by atoms with E-state index < -0.39 is 0 Å². The number of carbonyl (C=O) groups excluding carboxylic acids is 2. The van der Waals surface area contributed by atoms with Crippen LogP contribution in [0.4, 0.5) is 0 Å². The molecule has 1 fully saturated rings. The highest BCUT2D eigenvalue weighted by Crippen LogP contribution is 2.28. The van der Waals surface area contributed by atoms with E-state index in [9.17, 15) is 9.59 Å². The van der Waals surface area contributed by atoms with Crippen LogP contribution in [0.15, 0.2) is 24.3 Å². The first kappa shape index (κ1) is 10.6. The van der Waals surface area contributed by atoms with Crippen LogP contribution < -0.4 is 0 Å². The van der Waals surface area contributed by atoms with Gasteiger partial charge < -0.3 is 0 Å². The SMILES string of the molecule is N#Cc1ccc([C@H]2CCC(=O)CC2=O)cc1. The molecule has 0 amide bonds. The lowest BCUT2D eigenvalue weighted by Gasteiger charge is -2.19. The molecule has 1 saturated carbocycles. The number of hydrogen-bond acceptors (Lipinski definition) is 3. The van der Waals surface area contributed by atoms with Crippen molar-refractivity contribution in [3.05, 3.63) is 35.4 Å². The van der Waals surface area contributed by atoms with Crippen molar-refractivity contribution in [3.63, 3.8) is 0 Å². The van der Waals surface area contributed by atoms with E-state index in [2.05, 4.69) is 0 Å². The van der Waals surface area contributed by atoms with Crippen molar-refractivity contribution in [1.29, 1.82) is 5.26 Å². The standard InChI is InChI=1S/C13H11NO2/c14-8-9-1-3-10(4-2-9)12-6-5-11(15)7-13(12)16/h1-4,12H,5-7H2/t12-/m1/s1. The van der Waals surface area contributed by atoms with Gasteiger partial charge in [0.2, 0.25) is 0 Å². The molecular weight excluding hydrogens is 202 g/mol. The minimum atomic E-state index is -0.162. The second-order valence-corrected chi connectivity index (χ2v) is 4.01. The summed E-state index contributed by atoms with van der Waals surface area (Å²) >= 11 is 0. The number of nitriles is 1. The van der Waals surface area contributed by atoms with Crippen LogP contribution in [0, 0.1) is 11.3 Å². The molecule has 16 heavy (non-hydrogen) atoms. The van der Waals surface area contributed by atoms with Crippen LogP contribution in [0.3, 0.4) is 0 Å². The second-order valence-electron chi connectivity index (χ2n) is 4.01. The Morgan fingerprint density at radius 1 is 1.19 bits per heavy atom. The van der Waals surface area contributed by atoms with E-state index >= 15 is 0 Å². The first-order valence-corrected chi connectivity index (χ1v) is 5.25. The van der Waals surface area contributed by atoms with Crippen LogP contribution in [0.25, 0.3) is 0 Å². The molecule has 1 aromatic rings. The topological polar surface area (TPSA) is 57.9 Å². The van der Waals surface area contributed by atoms with Gasteiger partial charge in [-0.2, -0.15) is 5.26 Å². The van der Waals surface area contributed by atoms with E-state index in [-0.39, 0.29) is 23.9 Å². The molecular formula is C13H11NO2. The maximum atomic E-state index is 11.7. The van der Waals surface area contributed by atoms with Gasteiger partial charge in [0.1, 0.15) is 11.6 Å². The quantitative estimate of drug-likeness (QED) is 0.670. The van der Waals surface area contributed by atoms with Crippen molar-refractivity contribution in [2.45, 2.75) is 25.2 Å². The van der Waals surface area contributed by atoms with Gasteiger partial charge >= 0.3 is 0 Å². The fraction of sp³-hybridized carbons (Fsp3) is 0.308. The Hall–Kier alpha value is -1.95. The second kappa shape index (κ2) is 4.28. The van der Waals surface area contributed by atoms with Crippen LogP contribution in [0.2, 0.25) is 0 Å². The maximum Gasteiger partial charge on any atom is 0.147 e. The number of carbonyl (C=O) groups is 2. The number of nitrogens with zero attached hydrogens (tertiary/aromatic N) is 1. The van der Waals surface area contributed by atoms with Crippen molar-refractivity contribution < 1.29 is 9.59 Å². The zero-order chi connectivity index (χ0) is 11.5. The Morgan fingerprint density at radius 3 is 2.44 bits per heavy atom. The molecule has 1 aromatic carbocycles. The molecule has 3 heteroatoms. The molecule has 1 atom stereocenters. The van der Waals surface area contributed by atoms with Gasteiger partial charge in [0, 0.05) is 12.3 Å². The fourth-order valence-corrected chi connectivity index (χ4v) is 2.01. The maximum absolute atomic E-state index is 11.7. The third-order valence-corrected chi connectivity index (χ3v) is 2.91. The number of Topliss-reactive ketones (excluding diaryl/α,β-unsaturated/α-hetero) is 2. The lowest BCUT2D eigenvalue weighted by atomic mass is 9.82. The highest BCUT2D eigenvalue weighted by atomic mass is 16.1. The zero-order valence-electron chi connectivity index (χ0n) is 8.77. The number of rotatable bonds is 1. The van der Waals surface area contributed by atoms with Gasteiger partial charge in [-0.3, -0.25) is 9.59 Å². The van der Waals surface area contributed by atoms with Gasteiger partial charge in [0.15, 0.2) is 0 Å². The summed E-state index contributed by atoms with van der Waals surface area (Å²) in [6, 6.07) is 9.06. The van der Waals surface area contributed by atoms with Crippen molar-refractivity contribution in [1.82, 2.24) is 0 Å². The minimum absolute atomic E-state index is 0.000887. The number of hydrogen-bond donors (Lipinski definition) is 0. The first-order valence-electron chi connectivity index (χ1n) is 5.25. The molecule has 0 aromatic heterocycles. The molecule has 0 bridgehead atoms. The third kappa shape index (κ3) is 2.01. The van der Waals surface area contributed by atoms with Crippen molar-refractivity contribution in [3.8, 4) is 6.07 Å². The molecule has 1 aliphatic rings. The average molecular weight is 213 g/mol. The lowest BCUT2D eigenvalue weighted by molar-refractivity contribution is -0.130. The molecule has 0 unspecified atom stereocenters. The monoisotopic (exact) mass is 213 g/mol. The summed E-state index contributed by atoms with van der Waals surface area (Å²) in [6.45, 7) is 0. The minimum Gasteiger partial charge on any atom is -0.299 e. The van der Waals surface area contributed by atoms with Gasteiger partial charge in [-0.25, -0.2) is 0 Å². The summed E-state index contributed by atoms with van der Waals surface area (Å²) < 4.78 is 0. The van der Waals surface area contributed by atoms with Crippen molar-refractivity contribution in [2.24, 2.45) is 0 Å². The average Bonchev–Trinajstić information content (AvgIpc) is 2.29. The van der Waals surface area contributed by atoms with Gasteiger partial charge in [-0.15, -0.1) is 0 Å². The normalized spacial score (nSPS) is 20.6. The Balaban J connectivity index is 2.21. The van der Waals surface area contributed by atoms with Gasteiger partial charge in [-0.05, 0) is 24.1 Å².